The first-order chi connectivity index (χ1) is 20.0. The normalized spacial score (nSPS) is 22.6. The second-order valence-electron chi connectivity index (χ2n) is 12.9. The van der Waals surface area contributed by atoms with Crippen molar-refractivity contribution in [3.8, 4) is 0 Å². The zero-order valence-corrected chi connectivity index (χ0v) is 25.2. The molecule has 1 N–H and O–H groups in total. The van der Waals surface area contributed by atoms with Crippen LogP contribution in [0.4, 0.5) is 10.1 Å². The number of carbonyl (C=O) groups is 3. The number of halogens is 1. The van der Waals surface area contributed by atoms with Crippen LogP contribution in [0.25, 0.3) is 0 Å². The molecular formula is C35H42FN3O3. The molecule has 1 aliphatic carbocycles. The Kier molecular flexibility index (Phi) is 8.67. The summed E-state index contributed by atoms with van der Waals surface area (Å²) in [6.07, 6.45) is 9.60. The van der Waals surface area contributed by atoms with Crippen LogP contribution in [0.5, 0.6) is 0 Å². The third kappa shape index (κ3) is 6.20. The number of rotatable bonds is 5. The summed E-state index contributed by atoms with van der Waals surface area (Å²) >= 11 is 0. The number of aryl methyl sites for hydroxylation is 1. The number of nitrogens with one attached hydrogen (secondary N) is 1. The summed E-state index contributed by atoms with van der Waals surface area (Å²) in [6.45, 7) is 10.1. The fraction of sp³-hybridized carbons (Fsp3) is 0.457. The zero-order valence-electron chi connectivity index (χ0n) is 25.2. The number of carbonyl (C=O) groups excluding carboxylic acids is 3. The maximum absolute atomic E-state index is 15.0. The fourth-order valence-electron chi connectivity index (χ4n) is 6.57. The van der Waals surface area contributed by atoms with Crippen LogP contribution in [0.3, 0.4) is 0 Å². The number of benzene rings is 2. The maximum Gasteiger partial charge on any atom is 0.257 e. The Bertz CT molecular complexity index is 1400. The zero-order chi connectivity index (χ0) is 30.0. The van der Waals surface area contributed by atoms with Gasteiger partial charge in [-0.3, -0.25) is 14.4 Å². The van der Waals surface area contributed by atoms with Crippen molar-refractivity contribution in [2.75, 3.05) is 25.0 Å². The van der Waals surface area contributed by atoms with E-state index < -0.39 is 17.8 Å². The summed E-state index contributed by atoms with van der Waals surface area (Å²) in [7, 11) is 0. The highest BCUT2D eigenvalue weighted by molar-refractivity contribution is 5.98. The van der Waals surface area contributed by atoms with Gasteiger partial charge in [0.2, 0.25) is 5.91 Å². The number of anilines is 1. The predicted octanol–water partition coefficient (Wildman–Crippen LogP) is 6.42. The van der Waals surface area contributed by atoms with Crippen LogP contribution in [0.2, 0.25) is 0 Å². The van der Waals surface area contributed by atoms with E-state index >= 15 is 0 Å². The van der Waals surface area contributed by atoms with Gasteiger partial charge in [0.15, 0.2) is 0 Å². The van der Waals surface area contributed by atoms with Gasteiger partial charge in [-0.25, -0.2) is 4.39 Å². The van der Waals surface area contributed by atoms with Crippen molar-refractivity contribution in [2.45, 2.75) is 71.3 Å². The van der Waals surface area contributed by atoms with E-state index in [0.29, 0.717) is 36.9 Å². The minimum Gasteiger partial charge on any atom is -0.339 e. The highest BCUT2D eigenvalue weighted by Crippen LogP contribution is 2.37. The van der Waals surface area contributed by atoms with Gasteiger partial charge in [0.05, 0.1) is 17.5 Å². The third-order valence-electron chi connectivity index (χ3n) is 8.93. The minimum absolute atomic E-state index is 0.0359. The van der Waals surface area contributed by atoms with Crippen LogP contribution in [-0.2, 0) is 15.0 Å². The van der Waals surface area contributed by atoms with Crippen LogP contribution >= 0.6 is 0 Å². The molecule has 0 saturated carbocycles. The molecule has 3 atom stereocenters. The van der Waals surface area contributed by atoms with Crippen molar-refractivity contribution < 1.29 is 18.8 Å². The van der Waals surface area contributed by atoms with Crippen molar-refractivity contribution in [3.63, 3.8) is 0 Å². The van der Waals surface area contributed by atoms with E-state index in [4.69, 9.17) is 0 Å². The van der Waals surface area contributed by atoms with E-state index in [1.807, 2.05) is 41.3 Å². The molecule has 2 saturated heterocycles. The Morgan fingerprint density at radius 2 is 1.69 bits per heavy atom. The lowest BCUT2D eigenvalue weighted by Gasteiger charge is -2.44. The summed E-state index contributed by atoms with van der Waals surface area (Å²) in [5.41, 5.74) is 3.05. The highest BCUT2D eigenvalue weighted by Gasteiger charge is 2.43. The number of hydrogen-bond donors (Lipinski definition) is 1. The Morgan fingerprint density at radius 1 is 0.952 bits per heavy atom. The molecule has 42 heavy (non-hydrogen) atoms. The smallest absolute Gasteiger partial charge is 0.257 e. The van der Waals surface area contributed by atoms with Crippen molar-refractivity contribution in [1.82, 2.24) is 9.80 Å². The second-order valence-corrected chi connectivity index (χ2v) is 12.9. The molecule has 2 heterocycles. The molecule has 5 rings (SSSR count). The summed E-state index contributed by atoms with van der Waals surface area (Å²) in [5.74, 6) is -1.74. The molecule has 222 valence electrons. The molecule has 0 bridgehead atoms. The predicted molar refractivity (Wildman–Crippen MR) is 164 cm³/mol. The number of amides is 3. The molecule has 0 radical (unpaired) electrons. The lowest BCUT2D eigenvalue weighted by Crippen LogP contribution is -2.55. The van der Waals surface area contributed by atoms with E-state index in [2.05, 4.69) is 32.2 Å². The van der Waals surface area contributed by atoms with Crippen molar-refractivity contribution >= 4 is 23.4 Å². The molecule has 2 unspecified atom stereocenters. The first kappa shape index (κ1) is 29.7. The summed E-state index contributed by atoms with van der Waals surface area (Å²) in [4.78, 5) is 44.5. The van der Waals surface area contributed by atoms with E-state index in [9.17, 15) is 18.8 Å². The summed E-state index contributed by atoms with van der Waals surface area (Å²) in [5, 5.41) is 3.13. The fourth-order valence-corrected chi connectivity index (χ4v) is 6.57. The second kappa shape index (κ2) is 12.2. The van der Waals surface area contributed by atoms with Gasteiger partial charge in [0, 0.05) is 36.8 Å². The average molecular weight is 572 g/mol. The van der Waals surface area contributed by atoms with Crippen molar-refractivity contribution in [1.29, 1.82) is 0 Å². The minimum atomic E-state index is -0.554. The Morgan fingerprint density at radius 3 is 2.36 bits per heavy atom. The molecule has 2 aromatic rings. The number of nitrogens with zero attached hydrogens (tertiary/aromatic N) is 2. The van der Waals surface area contributed by atoms with Gasteiger partial charge in [-0.1, -0.05) is 63.3 Å². The Labute approximate surface area is 248 Å². The van der Waals surface area contributed by atoms with Gasteiger partial charge in [-0.05, 0) is 73.8 Å². The third-order valence-corrected chi connectivity index (χ3v) is 8.93. The highest BCUT2D eigenvalue weighted by atomic mass is 19.1. The molecule has 3 aliphatic rings. The number of likely N-dealkylation sites (tertiary alicyclic amines) is 2. The molecule has 2 aromatic carbocycles. The molecular weight excluding hydrogens is 529 g/mol. The molecule has 7 heteroatoms. The quantitative estimate of drug-likeness (QED) is 0.451. The number of allylic oxidation sites excluding steroid dienone is 1. The van der Waals surface area contributed by atoms with E-state index in [1.54, 1.807) is 24.0 Å². The van der Waals surface area contributed by atoms with Gasteiger partial charge in [-0.2, -0.15) is 0 Å². The van der Waals surface area contributed by atoms with E-state index in [-0.39, 0.29) is 34.6 Å². The lowest BCUT2D eigenvalue weighted by atomic mass is 9.77. The van der Waals surface area contributed by atoms with Gasteiger partial charge in [0.25, 0.3) is 11.8 Å². The van der Waals surface area contributed by atoms with Crippen LogP contribution in [-0.4, -0.2) is 53.2 Å². The maximum atomic E-state index is 15.0. The van der Waals surface area contributed by atoms with Crippen LogP contribution in [0.15, 0.2) is 66.3 Å². The molecule has 0 aromatic heterocycles. The van der Waals surface area contributed by atoms with Crippen LogP contribution < -0.4 is 5.32 Å². The molecule has 2 aliphatic heterocycles. The Hall–Kier alpha value is -3.74. The number of piperidine rings is 1. The van der Waals surface area contributed by atoms with Gasteiger partial charge in [-0.15, -0.1) is 0 Å². The largest absolute Gasteiger partial charge is 0.339 e. The lowest BCUT2D eigenvalue weighted by molar-refractivity contribution is -0.126. The van der Waals surface area contributed by atoms with E-state index in [0.717, 1.165) is 37.2 Å². The monoisotopic (exact) mass is 571 g/mol. The first-order valence-corrected chi connectivity index (χ1v) is 15.2. The van der Waals surface area contributed by atoms with Crippen LogP contribution in [0, 0.1) is 24.6 Å². The SMILES string of the molecule is Cc1cccc(F)c1C(=O)N1CCCC(C(=O)Nc2cccc(C(C)(C)C)c2)C1[C@@H]1C=CC(C(=O)N2CCCC2)=CC1. The standard InChI is InChI=1S/C35H42FN3O3/c1-23-10-7-14-29(36)30(23)34(42)39-21-9-13-28(32(40)37-27-12-8-11-26(22-27)35(2,3)4)31(39)24-15-17-25(18-16-24)33(41)38-19-5-6-20-38/h7-8,10-12,14-15,17-18,22,24,28,31H,5-6,9,13,16,19-21H2,1-4H3,(H,37,40)/t24-,28?,31?/m1/s1. The van der Waals surface area contributed by atoms with E-state index in [1.165, 1.54) is 6.07 Å². The average Bonchev–Trinajstić information content (AvgIpc) is 3.51. The van der Waals surface area contributed by atoms with Crippen molar-refractivity contribution in [3.05, 3.63) is 88.8 Å². The Balaban J connectivity index is 1.44. The van der Waals surface area contributed by atoms with Gasteiger partial charge >= 0.3 is 0 Å². The summed E-state index contributed by atoms with van der Waals surface area (Å²) in [6, 6.07) is 12.1. The van der Waals surface area contributed by atoms with Gasteiger partial charge in [0.1, 0.15) is 5.82 Å². The molecule has 6 nitrogen and oxygen atoms in total. The van der Waals surface area contributed by atoms with Crippen LogP contribution in [0.1, 0.15) is 74.4 Å². The molecule has 3 amide bonds. The first-order valence-electron chi connectivity index (χ1n) is 15.2. The topological polar surface area (TPSA) is 69.7 Å². The van der Waals surface area contributed by atoms with Gasteiger partial charge < -0.3 is 15.1 Å². The van der Waals surface area contributed by atoms with Crippen molar-refractivity contribution in [2.24, 2.45) is 11.8 Å². The molecule has 0 spiro atoms. The summed E-state index contributed by atoms with van der Waals surface area (Å²) < 4.78 is 15.0. The molecule has 2 fully saturated rings. The number of hydrogen-bond acceptors (Lipinski definition) is 3.